The third kappa shape index (κ3) is 3.11. The Morgan fingerprint density at radius 2 is 1.83 bits per heavy atom. The first-order valence-electron chi connectivity index (χ1n) is 9.14. The first-order chi connectivity index (χ1) is 14.4. The van der Waals surface area contributed by atoms with Crippen molar-refractivity contribution in [3.05, 3.63) is 75.6 Å². The molecule has 1 aliphatic rings. The first kappa shape index (κ1) is 19.4. The van der Waals surface area contributed by atoms with Crippen molar-refractivity contribution in [3.63, 3.8) is 0 Å². The van der Waals surface area contributed by atoms with Crippen LogP contribution >= 0.6 is 0 Å². The van der Waals surface area contributed by atoms with Crippen LogP contribution in [0.5, 0.6) is 5.75 Å². The highest BCUT2D eigenvalue weighted by molar-refractivity contribution is 6.28. The highest BCUT2D eigenvalue weighted by Crippen LogP contribution is 2.29. The van der Waals surface area contributed by atoms with Gasteiger partial charge in [-0.3, -0.25) is 25.1 Å². The lowest BCUT2D eigenvalue weighted by atomic mass is 10.0. The molecule has 1 saturated heterocycles. The second kappa shape index (κ2) is 7.47. The van der Waals surface area contributed by atoms with Crippen LogP contribution in [-0.2, 0) is 9.59 Å². The molecular weight excluding hydrogens is 386 g/mol. The molecule has 2 amide bonds. The topological polar surface area (TPSA) is 141 Å². The molecule has 1 aromatic heterocycles. The van der Waals surface area contributed by atoms with Gasteiger partial charge in [0.1, 0.15) is 11.3 Å². The van der Waals surface area contributed by atoms with E-state index in [2.05, 4.69) is 15.7 Å². The summed E-state index contributed by atoms with van der Waals surface area (Å²) >= 11 is 0. The van der Waals surface area contributed by atoms with Gasteiger partial charge >= 0.3 is 0 Å². The van der Waals surface area contributed by atoms with E-state index < -0.39 is 23.7 Å². The molecule has 9 nitrogen and oxygen atoms in total. The van der Waals surface area contributed by atoms with Crippen LogP contribution in [-0.4, -0.2) is 28.2 Å². The fraction of sp³-hybridized carbons (Fsp3) is 0.0952. The summed E-state index contributed by atoms with van der Waals surface area (Å²) in [7, 11) is 0. The molecule has 9 heteroatoms. The number of aryl methyl sites for hydroxylation is 1. The minimum Gasteiger partial charge on any atom is -0.506 e. The van der Waals surface area contributed by atoms with E-state index >= 15 is 0 Å². The van der Waals surface area contributed by atoms with Gasteiger partial charge in [0.05, 0.1) is 11.1 Å². The zero-order valence-corrected chi connectivity index (χ0v) is 16.0. The van der Waals surface area contributed by atoms with E-state index in [1.165, 1.54) is 4.90 Å². The normalized spacial score (nSPS) is 18.1. The number of rotatable bonds is 3. The van der Waals surface area contributed by atoms with Gasteiger partial charge in [-0.05, 0) is 36.8 Å². The Morgan fingerprint density at radius 3 is 2.53 bits per heavy atom. The predicted molar refractivity (Wildman–Crippen MR) is 112 cm³/mol. The van der Waals surface area contributed by atoms with Crippen molar-refractivity contribution in [1.29, 1.82) is 0 Å². The number of nitrogens with two attached hydrogens (primary N) is 1. The number of carbonyl (C=O) groups excluding carboxylic acids is 2. The molecular formula is C21H19N5O4. The van der Waals surface area contributed by atoms with E-state index in [0.717, 1.165) is 11.6 Å². The zero-order valence-electron chi connectivity index (χ0n) is 16.0. The van der Waals surface area contributed by atoms with Gasteiger partial charge in [0.2, 0.25) is 0 Å². The number of aromatic hydroxyl groups is 1. The smallest absolute Gasteiger partial charge is 0.266 e. The van der Waals surface area contributed by atoms with Crippen molar-refractivity contribution < 1.29 is 14.7 Å². The first-order valence-corrected chi connectivity index (χ1v) is 9.14. The molecule has 1 fully saturated rings. The number of hydrogen-bond acceptors (Lipinski definition) is 6. The van der Waals surface area contributed by atoms with Crippen LogP contribution in [0, 0.1) is 6.92 Å². The van der Waals surface area contributed by atoms with E-state index in [4.69, 9.17) is 5.84 Å². The third-order valence-electron chi connectivity index (χ3n) is 4.97. The molecule has 30 heavy (non-hydrogen) atoms. The lowest BCUT2D eigenvalue weighted by Gasteiger charge is -2.36. The largest absolute Gasteiger partial charge is 0.506 e. The van der Waals surface area contributed by atoms with Crippen LogP contribution < -0.4 is 27.0 Å². The van der Waals surface area contributed by atoms with Gasteiger partial charge in [-0.15, -0.1) is 0 Å². The highest BCUT2D eigenvalue weighted by Gasteiger charge is 2.37. The van der Waals surface area contributed by atoms with Crippen molar-refractivity contribution >= 4 is 34.5 Å². The standard InChI is InChI=1S/C21H19N5O4/c1-11-6-5-9-13-16(11)23-18(28)14(17(13)27)10-15-19(29)24-21(25-22)26(20(15)30)12-7-3-2-4-8-12/h2-10,21,25H,22H2,1H3,(H,24,29)(H2,23,27,28)/b15-10+/t21-/m1/s1. The Bertz CT molecular complexity index is 1250. The zero-order chi connectivity index (χ0) is 21.4. The van der Waals surface area contributed by atoms with Crippen LogP contribution in [0.3, 0.4) is 0 Å². The Kier molecular flexibility index (Phi) is 4.82. The summed E-state index contributed by atoms with van der Waals surface area (Å²) < 4.78 is 0. The van der Waals surface area contributed by atoms with Gasteiger partial charge in [-0.1, -0.05) is 30.3 Å². The fourth-order valence-corrected chi connectivity index (χ4v) is 3.45. The van der Waals surface area contributed by atoms with Crippen LogP contribution in [0.4, 0.5) is 5.69 Å². The molecule has 0 unspecified atom stereocenters. The number of anilines is 1. The van der Waals surface area contributed by atoms with E-state index in [-0.39, 0.29) is 16.9 Å². The molecule has 0 saturated carbocycles. The Labute approximate surface area is 170 Å². The number of hydrogen-bond donors (Lipinski definition) is 5. The fourth-order valence-electron chi connectivity index (χ4n) is 3.45. The van der Waals surface area contributed by atoms with Gasteiger partial charge in [0, 0.05) is 11.1 Å². The average molecular weight is 405 g/mol. The molecule has 152 valence electrons. The number of benzene rings is 2. The van der Waals surface area contributed by atoms with Crippen LogP contribution in [0.1, 0.15) is 11.1 Å². The van der Waals surface area contributed by atoms with Gasteiger partial charge in [0.25, 0.3) is 17.4 Å². The molecule has 1 atom stereocenters. The number of H-pyrrole nitrogens is 1. The molecule has 0 spiro atoms. The Morgan fingerprint density at radius 1 is 1.10 bits per heavy atom. The number of pyridine rings is 1. The van der Waals surface area contributed by atoms with Crippen molar-refractivity contribution in [2.24, 2.45) is 5.84 Å². The number of fused-ring (bicyclic) bond motifs is 1. The van der Waals surface area contributed by atoms with Crippen LogP contribution in [0.15, 0.2) is 58.9 Å². The number of hydrazine groups is 1. The van der Waals surface area contributed by atoms with Gasteiger partial charge < -0.3 is 15.4 Å². The van der Waals surface area contributed by atoms with Gasteiger partial charge in [0.15, 0.2) is 6.29 Å². The molecule has 2 aromatic carbocycles. The van der Waals surface area contributed by atoms with Crippen LogP contribution in [0.2, 0.25) is 0 Å². The Hall–Kier alpha value is -3.95. The molecule has 3 aromatic rings. The molecule has 0 aliphatic carbocycles. The minimum absolute atomic E-state index is 0.182. The van der Waals surface area contributed by atoms with E-state index in [0.29, 0.717) is 16.6 Å². The maximum absolute atomic E-state index is 13.2. The maximum Gasteiger partial charge on any atom is 0.266 e. The predicted octanol–water partition coefficient (Wildman–Crippen LogP) is 0.835. The second-order valence-corrected chi connectivity index (χ2v) is 6.83. The number of amides is 2. The summed E-state index contributed by atoms with van der Waals surface area (Å²) in [5.41, 5.74) is 3.02. The SMILES string of the molecule is Cc1cccc2c(O)c(/C=C3\C(=O)N[C@H](NN)N(c4ccccc4)C3=O)c(=O)[nH]c12. The third-order valence-corrected chi connectivity index (χ3v) is 4.97. The molecule has 2 heterocycles. The molecule has 1 aliphatic heterocycles. The van der Waals surface area contributed by atoms with E-state index in [1.54, 1.807) is 55.5 Å². The average Bonchev–Trinajstić information content (AvgIpc) is 2.74. The van der Waals surface area contributed by atoms with E-state index in [9.17, 15) is 19.5 Å². The lowest BCUT2D eigenvalue weighted by Crippen LogP contribution is -2.66. The number of aromatic nitrogens is 1. The molecule has 0 radical (unpaired) electrons. The second-order valence-electron chi connectivity index (χ2n) is 6.83. The minimum atomic E-state index is -0.976. The Balaban J connectivity index is 1.86. The molecule has 0 bridgehead atoms. The summed E-state index contributed by atoms with van der Waals surface area (Å²) in [6.45, 7) is 1.80. The maximum atomic E-state index is 13.2. The van der Waals surface area contributed by atoms with Crippen molar-refractivity contribution in [1.82, 2.24) is 15.7 Å². The van der Waals surface area contributed by atoms with Gasteiger partial charge in [-0.2, -0.15) is 0 Å². The summed E-state index contributed by atoms with van der Waals surface area (Å²) in [4.78, 5) is 42.3. The molecule has 4 rings (SSSR count). The summed E-state index contributed by atoms with van der Waals surface area (Å²) in [6, 6.07) is 13.8. The van der Waals surface area contributed by atoms with Crippen LogP contribution in [0.25, 0.3) is 17.0 Å². The van der Waals surface area contributed by atoms with Crippen molar-refractivity contribution in [3.8, 4) is 5.75 Å². The number of aromatic amines is 1. The highest BCUT2D eigenvalue weighted by atomic mass is 16.3. The number of nitrogens with zero attached hydrogens (tertiary/aromatic N) is 1. The summed E-state index contributed by atoms with van der Waals surface area (Å²) in [5, 5.41) is 13.7. The van der Waals surface area contributed by atoms with E-state index in [1.807, 2.05) is 0 Å². The van der Waals surface area contributed by atoms with Gasteiger partial charge in [-0.25, -0.2) is 5.43 Å². The number of para-hydroxylation sites is 2. The number of nitrogens with one attached hydrogen (secondary N) is 3. The quantitative estimate of drug-likeness (QED) is 0.189. The van der Waals surface area contributed by atoms with Crippen molar-refractivity contribution in [2.45, 2.75) is 13.2 Å². The monoisotopic (exact) mass is 405 g/mol. The number of carbonyl (C=O) groups is 2. The summed E-state index contributed by atoms with van der Waals surface area (Å²) in [6.07, 6.45) is 0.117. The summed E-state index contributed by atoms with van der Waals surface area (Å²) in [5.74, 6) is 3.80. The van der Waals surface area contributed by atoms with Crippen molar-refractivity contribution in [2.75, 3.05) is 4.90 Å². The molecule has 6 N–H and O–H groups in total. The lowest BCUT2D eigenvalue weighted by molar-refractivity contribution is -0.126.